The Hall–Kier alpha value is -2.29. The van der Waals surface area contributed by atoms with Gasteiger partial charge in [0.15, 0.2) is 0 Å². The largest absolute Gasteiger partial charge is 0.506 e. The summed E-state index contributed by atoms with van der Waals surface area (Å²) in [5.41, 5.74) is 4.94. The number of aliphatic imine (C=N–C) groups is 1. The molecule has 3 heteroatoms. The minimum atomic E-state index is 0.287. The zero-order valence-corrected chi connectivity index (χ0v) is 14.5. The maximum Gasteiger partial charge on any atom is 0.220 e. The highest BCUT2D eigenvalue weighted by atomic mass is 16.5. The zero-order chi connectivity index (χ0) is 16.9. The first-order valence-corrected chi connectivity index (χ1v) is 8.80. The molecule has 0 aliphatic carbocycles. The minimum Gasteiger partial charge on any atom is -0.506 e. The Labute approximate surface area is 144 Å². The van der Waals surface area contributed by atoms with Crippen molar-refractivity contribution in [1.82, 2.24) is 0 Å². The van der Waals surface area contributed by atoms with Gasteiger partial charge in [0.1, 0.15) is 12.4 Å². The molecular weight excluding hydrogens is 298 g/mol. The number of benzene rings is 2. The van der Waals surface area contributed by atoms with Crippen molar-refractivity contribution >= 4 is 5.90 Å². The molecule has 1 aliphatic heterocycles. The summed E-state index contributed by atoms with van der Waals surface area (Å²) in [6.45, 7) is 5.52. The standard InChI is InChI=1S/C21H25NO2/c1-3-4-5-8-16-10-11-18(17-9-6-7-15(2)14-17)20(23)19(16)21-22-12-13-24-21/h6-7,9-11,14,23H,3-5,8,12-13H2,1-2H3. The van der Waals surface area contributed by atoms with Gasteiger partial charge in [-0.3, -0.25) is 0 Å². The Morgan fingerprint density at radius 1 is 1.17 bits per heavy atom. The predicted octanol–water partition coefficient (Wildman–Crippen LogP) is 4.88. The number of ether oxygens (including phenoxy) is 1. The fourth-order valence-corrected chi connectivity index (χ4v) is 3.18. The Morgan fingerprint density at radius 2 is 2.04 bits per heavy atom. The van der Waals surface area contributed by atoms with Gasteiger partial charge in [0.25, 0.3) is 0 Å². The van der Waals surface area contributed by atoms with Crippen molar-refractivity contribution in [3.63, 3.8) is 0 Å². The fourth-order valence-electron chi connectivity index (χ4n) is 3.18. The number of aromatic hydroxyl groups is 1. The van der Waals surface area contributed by atoms with Crippen molar-refractivity contribution in [2.45, 2.75) is 39.5 Å². The van der Waals surface area contributed by atoms with Gasteiger partial charge >= 0.3 is 0 Å². The molecule has 1 N–H and O–H groups in total. The second kappa shape index (κ2) is 7.52. The summed E-state index contributed by atoms with van der Waals surface area (Å²) in [5, 5.41) is 11.0. The van der Waals surface area contributed by atoms with Crippen LogP contribution in [-0.4, -0.2) is 24.2 Å². The molecule has 1 heterocycles. The van der Waals surface area contributed by atoms with Crippen molar-refractivity contribution < 1.29 is 9.84 Å². The predicted molar refractivity (Wildman–Crippen MR) is 98.9 cm³/mol. The van der Waals surface area contributed by atoms with Gasteiger partial charge in [0.05, 0.1) is 12.1 Å². The molecule has 0 aromatic heterocycles. The van der Waals surface area contributed by atoms with E-state index >= 15 is 0 Å². The molecule has 0 atom stereocenters. The Bertz CT molecular complexity index is 749. The summed E-state index contributed by atoms with van der Waals surface area (Å²) in [4.78, 5) is 4.44. The number of hydrogen-bond acceptors (Lipinski definition) is 3. The van der Waals surface area contributed by atoms with E-state index in [-0.39, 0.29) is 5.75 Å². The quantitative estimate of drug-likeness (QED) is 0.770. The van der Waals surface area contributed by atoms with Crippen LogP contribution in [0.2, 0.25) is 0 Å². The number of phenolic OH excluding ortho intramolecular Hbond substituents is 1. The van der Waals surface area contributed by atoms with Gasteiger partial charge in [0, 0.05) is 5.56 Å². The summed E-state index contributed by atoms with van der Waals surface area (Å²) in [7, 11) is 0. The highest BCUT2D eigenvalue weighted by molar-refractivity contribution is 6.01. The van der Waals surface area contributed by atoms with E-state index in [1.54, 1.807) is 0 Å². The molecule has 3 rings (SSSR count). The van der Waals surface area contributed by atoms with Crippen LogP contribution in [0.1, 0.15) is 42.9 Å². The van der Waals surface area contributed by atoms with Crippen LogP contribution in [0.15, 0.2) is 41.4 Å². The van der Waals surface area contributed by atoms with Gasteiger partial charge in [-0.15, -0.1) is 0 Å². The van der Waals surface area contributed by atoms with Crippen LogP contribution in [0.4, 0.5) is 0 Å². The lowest BCUT2D eigenvalue weighted by Crippen LogP contribution is -2.07. The lowest BCUT2D eigenvalue weighted by Gasteiger charge is -2.15. The highest BCUT2D eigenvalue weighted by Gasteiger charge is 2.21. The van der Waals surface area contributed by atoms with Crippen LogP contribution in [0.25, 0.3) is 11.1 Å². The lowest BCUT2D eigenvalue weighted by molar-refractivity contribution is 0.346. The van der Waals surface area contributed by atoms with Crippen molar-refractivity contribution in [3.05, 3.63) is 53.1 Å². The van der Waals surface area contributed by atoms with E-state index in [2.05, 4.69) is 37.0 Å². The Kier molecular flexibility index (Phi) is 5.19. The molecule has 2 aromatic carbocycles. The van der Waals surface area contributed by atoms with E-state index in [0.29, 0.717) is 19.0 Å². The highest BCUT2D eigenvalue weighted by Crippen LogP contribution is 2.36. The fraction of sp³-hybridized carbons (Fsp3) is 0.381. The summed E-state index contributed by atoms with van der Waals surface area (Å²) >= 11 is 0. The van der Waals surface area contributed by atoms with Gasteiger partial charge in [-0.2, -0.15) is 0 Å². The van der Waals surface area contributed by atoms with Crippen LogP contribution in [0, 0.1) is 6.92 Å². The van der Waals surface area contributed by atoms with Crippen LogP contribution in [0.3, 0.4) is 0 Å². The molecule has 0 fully saturated rings. The molecule has 24 heavy (non-hydrogen) atoms. The second-order valence-corrected chi connectivity index (χ2v) is 6.36. The smallest absolute Gasteiger partial charge is 0.220 e. The minimum absolute atomic E-state index is 0.287. The Balaban J connectivity index is 2.05. The summed E-state index contributed by atoms with van der Waals surface area (Å²) in [5.74, 6) is 0.878. The molecule has 0 bridgehead atoms. The van der Waals surface area contributed by atoms with Crippen LogP contribution >= 0.6 is 0 Å². The molecular formula is C21H25NO2. The van der Waals surface area contributed by atoms with E-state index in [1.807, 2.05) is 18.2 Å². The number of phenols is 1. The molecule has 0 unspecified atom stereocenters. The van der Waals surface area contributed by atoms with E-state index in [4.69, 9.17) is 4.74 Å². The number of aryl methyl sites for hydroxylation is 2. The number of rotatable bonds is 6. The first-order valence-electron chi connectivity index (χ1n) is 8.80. The Morgan fingerprint density at radius 3 is 2.75 bits per heavy atom. The normalized spacial score (nSPS) is 13.7. The maximum absolute atomic E-state index is 11.0. The van der Waals surface area contributed by atoms with Crippen LogP contribution in [-0.2, 0) is 11.2 Å². The van der Waals surface area contributed by atoms with Crippen molar-refractivity contribution in [2.75, 3.05) is 13.2 Å². The van der Waals surface area contributed by atoms with Gasteiger partial charge in [-0.1, -0.05) is 61.7 Å². The number of nitrogens with zero attached hydrogens (tertiary/aromatic N) is 1. The van der Waals surface area contributed by atoms with Crippen LogP contribution in [0.5, 0.6) is 5.75 Å². The molecule has 0 amide bonds. The average Bonchev–Trinajstić information content (AvgIpc) is 3.09. The van der Waals surface area contributed by atoms with E-state index in [0.717, 1.165) is 35.1 Å². The summed E-state index contributed by atoms with van der Waals surface area (Å²) in [6, 6.07) is 12.3. The first-order chi connectivity index (χ1) is 11.7. The van der Waals surface area contributed by atoms with Gasteiger partial charge in [0.2, 0.25) is 5.90 Å². The summed E-state index contributed by atoms with van der Waals surface area (Å²) < 4.78 is 5.67. The molecule has 0 spiro atoms. The molecule has 2 aromatic rings. The molecule has 0 radical (unpaired) electrons. The van der Waals surface area contributed by atoms with Crippen molar-refractivity contribution in [3.8, 4) is 16.9 Å². The van der Waals surface area contributed by atoms with E-state index in [1.165, 1.54) is 18.4 Å². The maximum atomic E-state index is 11.0. The van der Waals surface area contributed by atoms with E-state index < -0.39 is 0 Å². The third kappa shape index (κ3) is 3.45. The molecule has 0 saturated heterocycles. The topological polar surface area (TPSA) is 41.8 Å². The number of unbranched alkanes of at least 4 members (excludes halogenated alkanes) is 2. The van der Waals surface area contributed by atoms with Crippen LogP contribution < -0.4 is 0 Å². The SMILES string of the molecule is CCCCCc1ccc(-c2cccc(C)c2)c(O)c1C1=NCCO1. The molecule has 1 aliphatic rings. The third-order valence-electron chi connectivity index (χ3n) is 4.44. The average molecular weight is 323 g/mol. The second-order valence-electron chi connectivity index (χ2n) is 6.36. The zero-order valence-electron chi connectivity index (χ0n) is 14.5. The third-order valence-corrected chi connectivity index (χ3v) is 4.44. The molecule has 0 saturated carbocycles. The van der Waals surface area contributed by atoms with Gasteiger partial charge in [-0.25, -0.2) is 4.99 Å². The van der Waals surface area contributed by atoms with Crippen molar-refractivity contribution in [2.24, 2.45) is 4.99 Å². The number of hydrogen-bond donors (Lipinski definition) is 1. The summed E-state index contributed by atoms with van der Waals surface area (Å²) in [6.07, 6.45) is 4.42. The lowest BCUT2D eigenvalue weighted by atomic mass is 9.94. The molecule has 126 valence electrons. The van der Waals surface area contributed by atoms with E-state index in [9.17, 15) is 5.11 Å². The van der Waals surface area contributed by atoms with Crippen molar-refractivity contribution in [1.29, 1.82) is 0 Å². The molecule has 3 nitrogen and oxygen atoms in total. The van der Waals surface area contributed by atoms with Gasteiger partial charge < -0.3 is 9.84 Å². The van der Waals surface area contributed by atoms with Gasteiger partial charge in [-0.05, 0) is 30.9 Å². The first kappa shape index (κ1) is 16.6. The monoisotopic (exact) mass is 323 g/mol.